The number of fused-ring (bicyclic) bond motifs is 2. The van der Waals surface area contributed by atoms with Crippen LogP contribution in [0.25, 0.3) is 22.4 Å². The molecule has 0 amide bonds. The van der Waals surface area contributed by atoms with Gasteiger partial charge in [-0.2, -0.15) is 5.10 Å². The lowest BCUT2D eigenvalue weighted by molar-refractivity contribution is 0.0127. The Bertz CT molecular complexity index is 1300. The number of hydrogen-bond acceptors (Lipinski definition) is 7. The molecule has 0 spiro atoms. The maximum Gasteiger partial charge on any atom is 0.233 e. The third-order valence-corrected chi connectivity index (χ3v) is 8.63. The van der Waals surface area contributed by atoms with E-state index in [0.717, 1.165) is 5.82 Å². The highest BCUT2D eigenvalue weighted by atomic mass is 19.1. The molecule has 0 saturated heterocycles. The van der Waals surface area contributed by atoms with Crippen molar-refractivity contribution < 1.29 is 14.2 Å². The van der Waals surface area contributed by atoms with Gasteiger partial charge in [0.25, 0.3) is 0 Å². The van der Waals surface area contributed by atoms with Gasteiger partial charge >= 0.3 is 0 Å². The SMILES string of the molecule is COc1cc(-c2cc(O)c(-c3ccc(N(C4CC4)[C@H]4C[C@]5(C)CCC[C@](C)(C4)C5)nn3)cc2F)cnn1. The highest BCUT2D eigenvalue weighted by Crippen LogP contribution is 2.57. The average Bonchev–Trinajstić information content (AvgIpc) is 3.70. The summed E-state index contributed by atoms with van der Waals surface area (Å²) in [4.78, 5) is 2.52. The lowest BCUT2D eigenvalue weighted by atomic mass is 9.55. The predicted octanol–water partition coefficient (Wildman–Crippen LogP) is 6.17. The van der Waals surface area contributed by atoms with E-state index in [1.807, 2.05) is 12.1 Å². The molecule has 0 radical (unpaired) electrons. The molecule has 3 aliphatic carbocycles. The monoisotopic (exact) mass is 503 g/mol. The van der Waals surface area contributed by atoms with Crippen molar-refractivity contribution in [3.8, 4) is 34.0 Å². The summed E-state index contributed by atoms with van der Waals surface area (Å²) in [7, 11) is 1.47. The number of phenolic OH excluding ortho intramolecular Hbond substituents is 1. The summed E-state index contributed by atoms with van der Waals surface area (Å²) >= 11 is 0. The molecule has 1 N–H and O–H groups in total. The first-order valence-corrected chi connectivity index (χ1v) is 13.3. The van der Waals surface area contributed by atoms with Crippen molar-refractivity contribution in [3.63, 3.8) is 0 Å². The van der Waals surface area contributed by atoms with Gasteiger partial charge in [-0.1, -0.05) is 20.3 Å². The fraction of sp³-hybridized carbons (Fsp3) is 0.517. The minimum atomic E-state index is -0.497. The summed E-state index contributed by atoms with van der Waals surface area (Å²) in [5, 5.41) is 27.5. The summed E-state index contributed by atoms with van der Waals surface area (Å²) < 4.78 is 20.2. The van der Waals surface area contributed by atoms with Gasteiger partial charge in [-0.15, -0.1) is 15.3 Å². The first-order chi connectivity index (χ1) is 17.8. The fourth-order valence-electron chi connectivity index (χ4n) is 7.12. The number of rotatable bonds is 6. The van der Waals surface area contributed by atoms with Crippen LogP contribution < -0.4 is 9.64 Å². The van der Waals surface area contributed by atoms with Gasteiger partial charge in [0.05, 0.1) is 19.0 Å². The predicted molar refractivity (Wildman–Crippen MR) is 140 cm³/mol. The first-order valence-electron chi connectivity index (χ1n) is 13.3. The number of hydrogen-bond donors (Lipinski definition) is 1. The van der Waals surface area contributed by atoms with Crippen molar-refractivity contribution in [2.75, 3.05) is 12.0 Å². The van der Waals surface area contributed by atoms with Crippen LogP contribution in [-0.2, 0) is 0 Å². The Morgan fingerprint density at radius 3 is 2.38 bits per heavy atom. The zero-order valence-electron chi connectivity index (χ0n) is 21.7. The van der Waals surface area contributed by atoms with Gasteiger partial charge in [-0.05, 0) is 80.0 Å². The van der Waals surface area contributed by atoms with E-state index in [4.69, 9.17) is 4.74 Å². The summed E-state index contributed by atoms with van der Waals surface area (Å²) in [6.45, 7) is 4.94. The van der Waals surface area contributed by atoms with Gasteiger partial charge < -0.3 is 14.7 Å². The number of ether oxygens (including phenoxy) is 1. The molecule has 1 aromatic carbocycles. The van der Waals surface area contributed by atoms with Crippen LogP contribution in [0.2, 0.25) is 0 Å². The van der Waals surface area contributed by atoms with Gasteiger partial charge in [-0.3, -0.25) is 0 Å². The minimum Gasteiger partial charge on any atom is -0.507 e. The molecule has 3 aromatic rings. The highest BCUT2D eigenvalue weighted by Gasteiger charge is 2.49. The van der Waals surface area contributed by atoms with E-state index < -0.39 is 5.82 Å². The van der Waals surface area contributed by atoms with E-state index in [2.05, 4.69) is 39.1 Å². The highest BCUT2D eigenvalue weighted by molar-refractivity contribution is 5.75. The van der Waals surface area contributed by atoms with Crippen LogP contribution in [0.1, 0.15) is 65.2 Å². The molecule has 2 heterocycles. The van der Waals surface area contributed by atoms with E-state index >= 15 is 4.39 Å². The molecule has 37 heavy (non-hydrogen) atoms. The summed E-state index contributed by atoms with van der Waals surface area (Å²) in [6, 6.07) is 9.07. The number of benzene rings is 1. The molecule has 3 fully saturated rings. The van der Waals surface area contributed by atoms with Crippen molar-refractivity contribution in [1.29, 1.82) is 0 Å². The lowest BCUT2D eigenvalue weighted by Gasteiger charge is -2.54. The molecule has 8 heteroatoms. The molecule has 3 atom stereocenters. The van der Waals surface area contributed by atoms with Crippen molar-refractivity contribution in [2.45, 2.75) is 77.3 Å². The third kappa shape index (κ3) is 4.62. The number of methoxy groups -OCH3 is 1. The van der Waals surface area contributed by atoms with Crippen LogP contribution in [-0.4, -0.2) is 44.7 Å². The Morgan fingerprint density at radius 2 is 1.73 bits per heavy atom. The van der Waals surface area contributed by atoms with E-state index in [1.54, 1.807) is 6.07 Å². The Hall–Kier alpha value is -3.29. The zero-order valence-corrected chi connectivity index (χ0v) is 21.7. The Kier molecular flexibility index (Phi) is 5.81. The standard InChI is InChI=1S/C29H34FN5O2/c1-28-9-4-10-29(2,17-28)15-20(14-28)35(19-5-6-19)26-8-7-24(32-33-26)22-12-23(30)21(13-25(22)36)18-11-27(37-3)34-31-16-18/h7-8,11-13,16,19-20,36H,4-6,9-10,14-15,17H2,1-3H3/t20-,28-,29+. The van der Waals surface area contributed by atoms with Gasteiger partial charge in [0.2, 0.25) is 5.88 Å². The number of aromatic hydroxyl groups is 1. The van der Waals surface area contributed by atoms with Crippen molar-refractivity contribution in [3.05, 3.63) is 42.3 Å². The van der Waals surface area contributed by atoms with Crippen molar-refractivity contribution >= 4 is 5.82 Å². The second-order valence-corrected chi connectivity index (χ2v) is 12.0. The molecule has 6 rings (SSSR count). The van der Waals surface area contributed by atoms with E-state index in [0.29, 0.717) is 39.7 Å². The van der Waals surface area contributed by atoms with Crippen LogP contribution in [0, 0.1) is 16.6 Å². The summed E-state index contributed by atoms with van der Waals surface area (Å²) in [5.41, 5.74) is 2.22. The molecule has 3 aliphatic rings. The average molecular weight is 504 g/mol. The molecule has 7 nitrogen and oxygen atoms in total. The largest absolute Gasteiger partial charge is 0.507 e. The van der Waals surface area contributed by atoms with E-state index in [1.165, 1.54) is 76.8 Å². The molecule has 2 aromatic heterocycles. The Morgan fingerprint density at radius 1 is 0.973 bits per heavy atom. The maximum absolute atomic E-state index is 15.1. The Labute approximate surface area is 217 Å². The third-order valence-electron chi connectivity index (χ3n) is 8.63. The number of nitrogens with zero attached hydrogens (tertiary/aromatic N) is 5. The van der Waals surface area contributed by atoms with Crippen molar-refractivity contribution in [1.82, 2.24) is 20.4 Å². The number of anilines is 1. The quantitative estimate of drug-likeness (QED) is 0.430. The van der Waals surface area contributed by atoms with Crippen LogP contribution in [0.4, 0.5) is 10.2 Å². The van der Waals surface area contributed by atoms with Crippen LogP contribution >= 0.6 is 0 Å². The van der Waals surface area contributed by atoms with Crippen LogP contribution in [0.3, 0.4) is 0 Å². The number of phenols is 1. The first kappa shape index (κ1) is 24.1. The normalized spacial score (nSPS) is 27.1. The Balaban J connectivity index is 1.28. The maximum atomic E-state index is 15.1. The molecular formula is C29H34FN5O2. The van der Waals surface area contributed by atoms with Gasteiger partial charge in [0.15, 0.2) is 5.82 Å². The number of halogens is 1. The second kappa shape index (κ2) is 8.92. The van der Waals surface area contributed by atoms with Gasteiger partial charge in [0.1, 0.15) is 11.6 Å². The molecule has 3 saturated carbocycles. The fourth-order valence-corrected chi connectivity index (χ4v) is 7.12. The zero-order chi connectivity index (χ0) is 25.8. The molecule has 2 bridgehead atoms. The molecule has 194 valence electrons. The smallest absolute Gasteiger partial charge is 0.233 e. The van der Waals surface area contributed by atoms with Gasteiger partial charge in [-0.25, -0.2) is 4.39 Å². The molecular weight excluding hydrogens is 469 g/mol. The van der Waals surface area contributed by atoms with E-state index in [-0.39, 0.29) is 17.2 Å². The molecule has 0 unspecified atom stereocenters. The second-order valence-electron chi connectivity index (χ2n) is 12.0. The summed E-state index contributed by atoms with van der Waals surface area (Å²) in [5.74, 6) is 0.583. The van der Waals surface area contributed by atoms with Crippen molar-refractivity contribution in [2.24, 2.45) is 10.8 Å². The molecule has 0 aliphatic heterocycles. The lowest BCUT2D eigenvalue weighted by Crippen LogP contribution is -2.51. The topological polar surface area (TPSA) is 84.3 Å². The van der Waals surface area contributed by atoms with Gasteiger partial charge in [0, 0.05) is 34.8 Å². The van der Waals surface area contributed by atoms with Crippen LogP contribution in [0.5, 0.6) is 11.6 Å². The summed E-state index contributed by atoms with van der Waals surface area (Å²) in [6.07, 6.45) is 11.5. The van der Waals surface area contributed by atoms with Crippen LogP contribution in [0.15, 0.2) is 36.5 Å². The minimum absolute atomic E-state index is 0.0748. The number of aromatic nitrogens is 4. The van der Waals surface area contributed by atoms with E-state index in [9.17, 15) is 5.11 Å².